The average Bonchev–Trinajstić information content (AvgIpc) is 3.12. The second-order valence-corrected chi connectivity index (χ2v) is 7.19. The fraction of sp³-hybridized carbons (Fsp3) is 0.250. The summed E-state index contributed by atoms with van der Waals surface area (Å²) in [5.41, 5.74) is 2.94. The maximum Gasteiger partial charge on any atom is 0.227 e. The van der Waals surface area contributed by atoms with Crippen LogP contribution in [0.1, 0.15) is 16.1 Å². The number of hydrogen-bond acceptors (Lipinski definition) is 7. The third-order valence-electron chi connectivity index (χ3n) is 4.01. The lowest BCUT2D eigenvalue weighted by Crippen LogP contribution is -2.24. The van der Waals surface area contributed by atoms with Crippen LogP contribution in [0.4, 0.5) is 10.8 Å². The number of rotatable bonds is 8. The van der Waals surface area contributed by atoms with Gasteiger partial charge in [0.25, 0.3) is 0 Å². The van der Waals surface area contributed by atoms with E-state index >= 15 is 0 Å². The van der Waals surface area contributed by atoms with Crippen LogP contribution < -0.4 is 20.1 Å². The van der Waals surface area contributed by atoms with Gasteiger partial charge in [-0.25, -0.2) is 0 Å². The number of ether oxygens (including phenoxy) is 2. The van der Waals surface area contributed by atoms with Crippen molar-refractivity contribution in [2.24, 2.45) is 0 Å². The maximum absolute atomic E-state index is 12.3. The first kappa shape index (κ1) is 19.6. The van der Waals surface area contributed by atoms with E-state index in [1.165, 1.54) is 11.3 Å². The van der Waals surface area contributed by atoms with Crippen molar-refractivity contribution in [3.8, 4) is 11.5 Å². The number of aromatic nitrogens is 2. The number of nitrogens with one attached hydrogen (secondary N) is 2. The first-order valence-corrected chi connectivity index (χ1v) is 9.52. The van der Waals surface area contributed by atoms with E-state index in [0.717, 1.165) is 16.8 Å². The van der Waals surface area contributed by atoms with Crippen LogP contribution in [0.25, 0.3) is 0 Å². The van der Waals surface area contributed by atoms with Gasteiger partial charge in [-0.15, -0.1) is 10.2 Å². The summed E-state index contributed by atoms with van der Waals surface area (Å²) in [5, 5.41) is 15.6. The Morgan fingerprint density at radius 3 is 2.71 bits per heavy atom. The molecule has 2 aromatic carbocycles. The van der Waals surface area contributed by atoms with Gasteiger partial charge in [0, 0.05) is 17.8 Å². The van der Waals surface area contributed by atoms with Gasteiger partial charge in [0.1, 0.15) is 16.5 Å². The van der Waals surface area contributed by atoms with Crippen LogP contribution in [-0.4, -0.2) is 30.3 Å². The van der Waals surface area contributed by atoms with Crippen LogP contribution >= 0.6 is 11.3 Å². The largest absolute Gasteiger partial charge is 0.497 e. The molecule has 3 rings (SSSR count). The third-order valence-corrected chi connectivity index (χ3v) is 4.85. The first-order valence-electron chi connectivity index (χ1n) is 8.71. The zero-order valence-corrected chi connectivity index (χ0v) is 16.8. The lowest BCUT2D eigenvalue weighted by molar-refractivity contribution is -0.120. The van der Waals surface area contributed by atoms with E-state index in [2.05, 4.69) is 20.8 Å². The Balaban J connectivity index is 1.56. The molecule has 0 unspecified atom stereocenters. The fourth-order valence-electron chi connectivity index (χ4n) is 2.64. The Labute approximate surface area is 167 Å². The topological polar surface area (TPSA) is 85.4 Å². The van der Waals surface area contributed by atoms with Crippen molar-refractivity contribution < 1.29 is 14.3 Å². The van der Waals surface area contributed by atoms with E-state index in [1.54, 1.807) is 14.2 Å². The number of anilines is 2. The molecule has 0 radical (unpaired) electrons. The highest BCUT2D eigenvalue weighted by Gasteiger charge is 2.11. The van der Waals surface area contributed by atoms with Gasteiger partial charge in [-0.3, -0.25) is 4.79 Å². The van der Waals surface area contributed by atoms with Crippen molar-refractivity contribution in [1.29, 1.82) is 0 Å². The van der Waals surface area contributed by atoms with E-state index in [9.17, 15) is 4.79 Å². The van der Waals surface area contributed by atoms with Crippen LogP contribution in [-0.2, 0) is 17.8 Å². The highest BCUT2D eigenvalue weighted by molar-refractivity contribution is 7.15. The summed E-state index contributed by atoms with van der Waals surface area (Å²) in [7, 11) is 3.19. The number of carbonyl (C=O) groups excluding carboxylic acids is 1. The maximum atomic E-state index is 12.3. The number of aryl methyl sites for hydroxylation is 1. The lowest BCUT2D eigenvalue weighted by atomic mass is 10.2. The normalized spacial score (nSPS) is 10.4. The molecule has 0 bridgehead atoms. The molecule has 1 aromatic heterocycles. The first-order chi connectivity index (χ1) is 13.6. The molecule has 0 saturated heterocycles. The smallest absolute Gasteiger partial charge is 0.227 e. The highest BCUT2D eigenvalue weighted by atomic mass is 32.1. The zero-order valence-electron chi connectivity index (χ0n) is 16.0. The number of nitrogens with zero attached hydrogens (tertiary/aromatic N) is 2. The molecule has 0 fully saturated rings. The minimum absolute atomic E-state index is 0.136. The standard InChI is InChI=1S/C20H22N4O3S/c1-13-5-4-6-15(9-13)22-20-24-23-19(28-20)11-18(25)21-12-14-10-16(26-2)7-8-17(14)27-3/h4-10H,11-12H2,1-3H3,(H,21,25)(H,22,24). The molecule has 2 N–H and O–H groups in total. The minimum atomic E-state index is -0.136. The Kier molecular flexibility index (Phi) is 6.44. The third kappa shape index (κ3) is 5.20. The van der Waals surface area contributed by atoms with E-state index < -0.39 is 0 Å². The van der Waals surface area contributed by atoms with Crippen LogP contribution in [0.15, 0.2) is 42.5 Å². The van der Waals surface area contributed by atoms with Crippen molar-refractivity contribution in [2.45, 2.75) is 19.9 Å². The number of hydrogen-bond donors (Lipinski definition) is 2. The SMILES string of the molecule is COc1ccc(OC)c(CNC(=O)Cc2nnc(Nc3cccc(C)c3)s2)c1. The molecule has 146 valence electrons. The van der Waals surface area contributed by atoms with Crippen molar-refractivity contribution in [2.75, 3.05) is 19.5 Å². The van der Waals surface area contributed by atoms with Crippen LogP contribution in [0, 0.1) is 6.92 Å². The molecule has 28 heavy (non-hydrogen) atoms. The molecule has 0 aliphatic carbocycles. The molecule has 0 aliphatic rings. The van der Waals surface area contributed by atoms with E-state index in [-0.39, 0.29) is 12.3 Å². The number of benzene rings is 2. The van der Waals surface area contributed by atoms with E-state index in [0.29, 0.717) is 28.2 Å². The van der Waals surface area contributed by atoms with Crippen LogP contribution in [0.2, 0.25) is 0 Å². The van der Waals surface area contributed by atoms with Crippen molar-refractivity contribution in [1.82, 2.24) is 15.5 Å². The molecule has 0 atom stereocenters. The monoisotopic (exact) mass is 398 g/mol. The van der Waals surface area contributed by atoms with Crippen molar-refractivity contribution in [3.05, 3.63) is 58.6 Å². The summed E-state index contributed by atoms with van der Waals surface area (Å²) in [6, 6.07) is 13.5. The summed E-state index contributed by atoms with van der Waals surface area (Å²) in [6.07, 6.45) is 0.166. The quantitative estimate of drug-likeness (QED) is 0.604. The van der Waals surface area contributed by atoms with Gasteiger partial charge in [0.05, 0.1) is 20.6 Å². The zero-order chi connectivity index (χ0) is 19.9. The molecular formula is C20H22N4O3S. The Hall–Kier alpha value is -3.13. The highest BCUT2D eigenvalue weighted by Crippen LogP contribution is 2.24. The molecule has 7 nitrogen and oxygen atoms in total. The van der Waals surface area contributed by atoms with Gasteiger partial charge in [0.2, 0.25) is 11.0 Å². The molecule has 1 amide bonds. The molecule has 0 aliphatic heterocycles. The van der Waals surface area contributed by atoms with E-state index in [1.807, 2.05) is 49.4 Å². The van der Waals surface area contributed by atoms with Gasteiger partial charge >= 0.3 is 0 Å². The Morgan fingerprint density at radius 1 is 1.11 bits per heavy atom. The van der Waals surface area contributed by atoms with Gasteiger partial charge < -0.3 is 20.1 Å². The second-order valence-electron chi connectivity index (χ2n) is 6.13. The summed E-state index contributed by atoms with van der Waals surface area (Å²) in [5.74, 6) is 1.27. The Bertz CT molecular complexity index is 958. The molecular weight excluding hydrogens is 376 g/mol. The molecule has 8 heteroatoms. The number of amides is 1. The Morgan fingerprint density at radius 2 is 1.96 bits per heavy atom. The minimum Gasteiger partial charge on any atom is -0.497 e. The van der Waals surface area contributed by atoms with Crippen molar-refractivity contribution >= 4 is 28.1 Å². The van der Waals surface area contributed by atoms with Gasteiger partial charge in [-0.1, -0.05) is 23.5 Å². The van der Waals surface area contributed by atoms with Crippen molar-refractivity contribution in [3.63, 3.8) is 0 Å². The van der Waals surface area contributed by atoms with Crippen LogP contribution in [0.3, 0.4) is 0 Å². The predicted molar refractivity (Wildman–Crippen MR) is 109 cm³/mol. The van der Waals surface area contributed by atoms with Gasteiger partial charge in [-0.05, 0) is 42.8 Å². The lowest BCUT2D eigenvalue weighted by Gasteiger charge is -2.11. The van der Waals surface area contributed by atoms with E-state index in [4.69, 9.17) is 9.47 Å². The van der Waals surface area contributed by atoms with Crippen LogP contribution in [0.5, 0.6) is 11.5 Å². The molecule has 1 heterocycles. The summed E-state index contributed by atoms with van der Waals surface area (Å²) >= 11 is 1.36. The summed E-state index contributed by atoms with van der Waals surface area (Å²) in [4.78, 5) is 12.3. The molecule has 0 saturated carbocycles. The number of carbonyl (C=O) groups is 1. The number of methoxy groups -OCH3 is 2. The molecule has 0 spiro atoms. The summed E-state index contributed by atoms with van der Waals surface area (Å²) in [6.45, 7) is 2.37. The van der Waals surface area contributed by atoms with Gasteiger partial charge in [0.15, 0.2) is 0 Å². The van der Waals surface area contributed by atoms with Gasteiger partial charge in [-0.2, -0.15) is 0 Å². The molecule has 3 aromatic rings. The predicted octanol–water partition coefficient (Wildman–Crippen LogP) is 3.47. The fourth-order valence-corrected chi connectivity index (χ4v) is 3.39. The average molecular weight is 398 g/mol. The second kappa shape index (κ2) is 9.18. The summed E-state index contributed by atoms with van der Waals surface area (Å²) < 4.78 is 10.6.